The molecule has 0 heterocycles. The first kappa shape index (κ1) is 24.5. The van der Waals surface area contributed by atoms with Gasteiger partial charge >= 0.3 is 97.8 Å². The second kappa shape index (κ2) is 19.8. The first-order chi connectivity index (χ1) is 5.20. The summed E-state index contributed by atoms with van der Waals surface area (Å²) in [5, 5.41) is 0. The molecule has 83 valence electrons. The Balaban J connectivity index is -0.0000000450. The van der Waals surface area contributed by atoms with Crippen LogP contribution in [0, 0.1) is 0 Å². The van der Waals surface area contributed by atoms with Crippen molar-refractivity contribution in [2.24, 2.45) is 0 Å². The summed E-state index contributed by atoms with van der Waals surface area (Å²) in [6, 6.07) is 0. The van der Waals surface area contributed by atoms with Crippen molar-refractivity contribution >= 4 is 58.4 Å². The van der Waals surface area contributed by atoms with Gasteiger partial charge in [-0.05, 0) is 0 Å². The second-order valence-electron chi connectivity index (χ2n) is 4.50. The summed E-state index contributed by atoms with van der Waals surface area (Å²) in [6.45, 7) is 0. The van der Waals surface area contributed by atoms with E-state index in [0.29, 0.717) is 0 Å². The fourth-order valence-corrected chi connectivity index (χ4v) is 0. The van der Waals surface area contributed by atoms with Crippen LogP contribution in [-0.4, -0.2) is 48.5 Å². The van der Waals surface area contributed by atoms with Crippen molar-refractivity contribution in [3.8, 4) is 0 Å². The number of hydrogen-bond acceptors (Lipinski definition) is 0. The van der Waals surface area contributed by atoms with E-state index < -0.39 is 19.8 Å². The van der Waals surface area contributed by atoms with Crippen molar-refractivity contribution < 1.29 is 0 Å². The van der Waals surface area contributed by atoms with E-state index in [0.717, 1.165) is 0 Å². The zero-order valence-electron chi connectivity index (χ0n) is 11.2. The summed E-state index contributed by atoms with van der Waals surface area (Å²) >= 11 is -1.21. The van der Waals surface area contributed by atoms with Crippen LogP contribution in [0.2, 0.25) is 49.4 Å². The van der Waals surface area contributed by atoms with Gasteiger partial charge in [-0.25, -0.2) is 0 Å². The van der Waals surface area contributed by atoms with E-state index in [9.17, 15) is 0 Å². The molecule has 0 aliphatic rings. The Morgan fingerprint density at radius 3 is 0.615 bits per heavy atom. The monoisotopic (exact) mass is 437 g/mol. The van der Waals surface area contributed by atoms with Crippen LogP contribution in [0.4, 0.5) is 0 Å². The standard InChI is InChI=1S/2C3H9Ge.3CH3.H3P.Sn/c2*1-4(2)3;;;;;/h2*1-3H3;4*1H3;. The summed E-state index contributed by atoms with van der Waals surface area (Å²) in [4.78, 5) is 7.09. The minimum atomic E-state index is -0.543. The van der Waals surface area contributed by atoms with Gasteiger partial charge in [0.15, 0.2) is 0 Å². The van der Waals surface area contributed by atoms with Gasteiger partial charge in [0.1, 0.15) is 0 Å². The van der Waals surface area contributed by atoms with Gasteiger partial charge in [-0.2, -0.15) is 9.90 Å². The SMILES string of the molecule is P.[CH3][Ge]([CH3])[CH3].[CH3][Ge]([CH3])[CH3].[CH3][Sn]([CH3])[CH3]. The summed E-state index contributed by atoms with van der Waals surface area (Å²) < 4.78 is 0. The molecule has 0 bridgehead atoms. The molecule has 0 rings (SSSR count). The van der Waals surface area contributed by atoms with Crippen LogP contribution >= 0.6 is 9.90 Å². The number of hydrogen-bond donors (Lipinski definition) is 0. The Morgan fingerprint density at radius 2 is 0.615 bits per heavy atom. The average molecular weight is 433 g/mol. The predicted molar refractivity (Wildman–Crippen MR) is 81.1 cm³/mol. The molecule has 0 amide bonds. The molecular formula is C9H30Ge2PSn. The quantitative estimate of drug-likeness (QED) is 0.398. The summed E-state index contributed by atoms with van der Waals surface area (Å²) in [7, 11) is 0. The van der Waals surface area contributed by atoms with Crippen molar-refractivity contribution in [2.45, 2.75) is 49.4 Å². The van der Waals surface area contributed by atoms with Crippen LogP contribution in [0.15, 0.2) is 0 Å². The molecule has 0 fully saturated rings. The molecule has 1 atom stereocenters. The first-order valence-corrected chi connectivity index (χ1v) is 25.7. The average Bonchev–Trinajstić information content (AvgIpc) is 1.54. The molecule has 0 aromatic carbocycles. The summed E-state index contributed by atoms with van der Waals surface area (Å²) in [5.41, 5.74) is 0. The van der Waals surface area contributed by atoms with E-state index in [4.69, 9.17) is 0 Å². The molecule has 0 saturated heterocycles. The van der Waals surface area contributed by atoms with E-state index in [2.05, 4.69) is 49.4 Å². The summed E-state index contributed by atoms with van der Waals surface area (Å²) in [5.74, 6) is 14.0. The molecule has 1 unspecified atom stereocenters. The van der Waals surface area contributed by atoms with Crippen LogP contribution in [0.1, 0.15) is 0 Å². The molecule has 0 spiro atoms. The van der Waals surface area contributed by atoms with E-state index in [1.165, 1.54) is 0 Å². The summed E-state index contributed by atoms with van der Waals surface area (Å²) in [6.07, 6.45) is 0. The van der Waals surface area contributed by atoms with Crippen LogP contribution in [0.5, 0.6) is 0 Å². The first-order valence-electron chi connectivity index (χ1n) is 4.50. The minimum absolute atomic E-state index is 0. The van der Waals surface area contributed by atoms with Gasteiger partial charge in [0, 0.05) is 0 Å². The fourth-order valence-electron chi connectivity index (χ4n) is 0. The van der Waals surface area contributed by atoms with Crippen LogP contribution < -0.4 is 0 Å². The Bertz CT molecular complexity index is 46.1. The molecular weight excluding hydrogens is 403 g/mol. The zero-order chi connectivity index (χ0) is 10.7. The fraction of sp³-hybridized carbons (Fsp3) is 1.00. The molecule has 0 aliphatic carbocycles. The van der Waals surface area contributed by atoms with Gasteiger partial charge in [0.25, 0.3) is 0 Å². The van der Waals surface area contributed by atoms with Gasteiger partial charge in [-0.1, -0.05) is 0 Å². The molecule has 0 aromatic heterocycles. The molecule has 0 N–H and O–H groups in total. The molecule has 0 aliphatic heterocycles. The van der Waals surface area contributed by atoms with Gasteiger partial charge in [0.05, 0.1) is 0 Å². The van der Waals surface area contributed by atoms with E-state index in [1.807, 2.05) is 0 Å². The third-order valence-corrected chi connectivity index (χ3v) is 0. The van der Waals surface area contributed by atoms with Crippen molar-refractivity contribution in [3.63, 3.8) is 0 Å². The van der Waals surface area contributed by atoms with Crippen molar-refractivity contribution in [1.29, 1.82) is 0 Å². The maximum atomic E-state index is 2.36. The molecule has 13 heavy (non-hydrogen) atoms. The van der Waals surface area contributed by atoms with Gasteiger partial charge in [-0.15, -0.1) is 0 Å². The maximum absolute atomic E-state index is 2.36. The van der Waals surface area contributed by atoms with Crippen LogP contribution in [-0.2, 0) is 0 Å². The van der Waals surface area contributed by atoms with Crippen molar-refractivity contribution in [2.75, 3.05) is 0 Å². The molecule has 0 nitrogen and oxygen atoms in total. The normalized spacial score (nSPS) is 8.31. The molecule has 0 saturated carbocycles. The van der Waals surface area contributed by atoms with E-state index in [1.54, 1.807) is 0 Å². The Morgan fingerprint density at radius 1 is 0.615 bits per heavy atom. The van der Waals surface area contributed by atoms with Gasteiger partial charge < -0.3 is 0 Å². The molecule has 4 heteroatoms. The zero-order valence-corrected chi connectivity index (χ0v) is 19.7. The third kappa shape index (κ3) is 405. The van der Waals surface area contributed by atoms with Gasteiger partial charge in [-0.3, -0.25) is 0 Å². The topological polar surface area (TPSA) is 0 Å². The predicted octanol–water partition coefficient (Wildman–Crippen LogP) is 4.17. The second-order valence-corrected chi connectivity index (χ2v) is 25.7. The van der Waals surface area contributed by atoms with Crippen molar-refractivity contribution in [3.05, 3.63) is 0 Å². The number of rotatable bonds is 0. The third-order valence-electron chi connectivity index (χ3n) is 0. The molecule has 3 radical (unpaired) electrons. The Kier molecular flexibility index (Phi) is 37.4. The van der Waals surface area contributed by atoms with E-state index >= 15 is 0 Å². The van der Waals surface area contributed by atoms with Crippen LogP contribution in [0.25, 0.3) is 0 Å². The van der Waals surface area contributed by atoms with Crippen molar-refractivity contribution in [1.82, 2.24) is 0 Å². The van der Waals surface area contributed by atoms with Gasteiger partial charge in [0.2, 0.25) is 0 Å². The van der Waals surface area contributed by atoms with Crippen LogP contribution in [0.3, 0.4) is 0 Å². The molecule has 0 aromatic rings. The Labute approximate surface area is 107 Å². The Hall–Kier alpha value is 2.31. The van der Waals surface area contributed by atoms with E-state index in [-0.39, 0.29) is 38.6 Å².